The van der Waals surface area contributed by atoms with Gasteiger partial charge in [-0.1, -0.05) is 43.7 Å². The quantitative estimate of drug-likeness (QED) is 0.718. The van der Waals surface area contributed by atoms with Gasteiger partial charge in [-0.05, 0) is 56.0 Å². The van der Waals surface area contributed by atoms with Gasteiger partial charge in [0.25, 0.3) is 0 Å². The smallest absolute Gasteiger partial charge is 0.0462 e. The minimum absolute atomic E-state index is 0.720. The van der Waals surface area contributed by atoms with Crippen LogP contribution in [0.2, 0.25) is 0 Å². The maximum atomic E-state index is 5.18. The lowest BCUT2D eigenvalue weighted by Crippen LogP contribution is -2.40. The first-order chi connectivity index (χ1) is 10.3. The van der Waals surface area contributed by atoms with Crippen LogP contribution in [-0.2, 0) is 4.74 Å². The molecule has 1 fully saturated rings. The third kappa shape index (κ3) is 5.12. The highest BCUT2D eigenvalue weighted by molar-refractivity contribution is 5.20. The van der Waals surface area contributed by atoms with Gasteiger partial charge in [-0.15, -0.1) is 0 Å². The highest BCUT2D eigenvalue weighted by Gasteiger charge is 2.30. The first-order valence-corrected chi connectivity index (χ1v) is 8.62. The first-order valence-electron chi connectivity index (χ1n) is 8.62. The molecule has 1 aliphatic carbocycles. The van der Waals surface area contributed by atoms with Gasteiger partial charge in [0, 0.05) is 19.8 Å². The Kier molecular flexibility index (Phi) is 7.25. The number of hydrogen-bond donors (Lipinski definition) is 1. The van der Waals surface area contributed by atoms with Gasteiger partial charge in [-0.3, -0.25) is 0 Å². The molecule has 0 saturated heterocycles. The predicted octanol–water partition coefficient (Wildman–Crippen LogP) is 4.37. The second-order valence-electron chi connectivity index (χ2n) is 6.33. The highest BCUT2D eigenvalue weighted by atomic mass is 16.5. The van der Waals surface area contributed by atoms with Crippen molar-refractivity contribution >= 4 is 0 Å². The molecule has 0 radical (unpaired) electrons. The first kappa shape index (κ1) is 16.5. The van der Waals surface area contributed by atoms with Crippen molar-refractivity contribution in [2.24, 2.45) is 5.92 Å². The second kappa shape index (κ2) is 9.22. The molecule has 3 atom stereocenters. The molecule has 0 aromatic heterocycles. The number of benzene rings is 1. The van der Waals surface area contributed by atoms with Gasteiger partial charge >= 0.3 is 0 Å². The van der Waals surface area contributed by atoms with Crippen molar-refractivity contribution in [3.63, 3.8) is 0 Å². The molecule has 0 bridgehead atoms. The molecule has 1 aromatic rings. The molecule has 2 nitrogen and oxygen atoms in total. The average molecular weight is 289 g/mol. The van der Waals surface area contributed by atoms with E-state index in [9.17, 15) is 0 Å². The number of ether oxygens (including phenoxy) is 1. The highest BCUT2D eigenvalue weighted by Crippen LogP contribution is 2.38. The van der Waals surface area contributed by atoms with E-state index in [-0.39, 0.29) is 0 Å². The van der Waals surface area contributed by atoms with Crippen molar-refractivity contribution in [2.45, 2.75) is 57.4 Å². The Morgan fingerprint density at radius 3 is 2.67 bits per heavy atom. The van der Waals surface area contributed by atoms with E-state index in [0.29, 0.717) is 0 Å². The van der Waals surface area contributed by atoms with Crippen LogP contribution in [0.1, 0.15) is 56.9 Å². The van der Waals surface area contributed by atoms with Gasteiger partial charge in [-0.25, -0.2) is 0 Å². The maximum Gasteiger partial charge on any atom is 0.0462 e. The molecule has 1 aromatic carbocycles. The zero-order chi connectivity index (χ0) is 14.9. The number of nitrogens with one attached hydrogen (secondary N) is 1. The molecule has 1 N–H and O–H groups in total. The lowest BCUT2D eigenvalue weighted by Gasteiger charge is -2.37. The third-order valence-corrected chi connectivity index (χ3v) is 4.89. The van der Waals surface area contributed by atoms with Crippen LogP contribution in [-0.4, -0.2) is 26.3 Å². The van der Waals surface area contributed by atoms with Crippen LogP contribution in [0.15, 0.2) is 30.3 Å². The van der Waals surface area contributed by atoms with Gasteiger partial charge < -0.3 is 10.1 Å². The largest absolute Gasteiger partial charge is 0.385 e. The fraction of sp³-hybridized carbons (Fsp3) is 0.684. The molecule has 21 heavy (non-hydrogen) atoms. The zero-order valence-electron chi connectivity index (χ0n) is 13.7. The molecule has 3 unspecified atom stereocenters. The molecule has 0 spiro atoms. The molecule has 2 rings (SSSR count). The molecular weight excluding hydrogens is 258 g/mol. The monoisotopic (exact) mass is 289 g/mol. The van der Waals surface area contributed by atoms with E-state index >= 15 is 0 Å². The van der Waals surface area contributed by atoms with Crippen LogP contribution in [0.25, 0.3) is 0 Å². The summed E-state index contributed by atoms with van der Waals surface area (Å²) in [5.41, 5.74) is 1.54. The van der Waals surface area contributed by atoms with E-state index in [1.807, 2.05) is 0 Å². The molecule has 2 heteroatoms. The summed E-state index contributed by atoms with van der Waals surface area (Å²) in [7, 11) is 1.80. The summed E-state index contributed by atoms with van der Waals surface area (Å²) >= 11 is 0. The van der Waals surface area contributed by atoms with Crippen LogP contribution in [0.4, 0.5) is 0 Å². The Labute approximate surface area is 130 Å². The normalized spacial score (nSPS) is 25.9. The van der Waals surface area contributed by atoms with Crippen molar-refractivity contribution in [3.8, 4) is 0 Å². The zero-order valence-corrected chi connectivity index (χ0v) is 13.7. The second-order valence-corrected chi connectivity index (χ2v) is 6.33. The SMILES string of the molecule is CCNC1CCC(c2ccccc2)CC1CCCCOC. The van der Waals surface area contributed by atoms with E-state index in [1.54, 1.807) is 7.11 Å². The molecular formula is C19H31NO. The van der Waals surface area contributed by atoms with Gasteiger partial charge in [0.05, 0.1) is 0 Å². The minimum Gasteiger partial charge on any atom is -0.385 e. The van der Waals surface area contributed by atoms with Crippen LogP contribution in [0, 0.1) is 5.92 Å². The van der Waals surface area contributed by atoms with Crippen molar-refractivity contribution in [1.82, 2.24) is 5.32 Å². The van der Waals surface area contributed by atoms with Crippen LogP contribution in [0.5, 0.6) is 0 Å². The lowest BCUT2D eigenvalue weighted by atomic mass is 9.73. The van der Waals surface area contributed by atoms with Crippen LogP contribution < -0.4 is 5.32 Å². The molecule has 0 aliphatic heterocycles. The number of rotatable bonds is 8. The Morgan fingerprint density at radius 1 is 1.14 bits per heavy atom. The van der Waals surface area contributed by atoms with E-state index < -0.39 is 0 Å². The maximum absolute atomic E-state index is 5.18. The molecule has 1 aliphatic rings. The fourth-order valence-corrected chi connectivity index (χ4v) is 3.79. The van der Waals surface area contributed by atoms with Crippen molar-refractivity contribution in [2.75, 3.05) is 20.3 Å². The van der Waals surface area contributed by atoms with E-state index in [1.165, 1.54) is 44.1 Å². The lowest BCUT2D eigenvalue weighted by molar-refractivity contribution is 0.180. The van der Waals surface area contributed by atoms with Crippen molar-refractivity contribution in [3.05, 3.63) is 35.9 Å². The van der Waals surface area contributed by atoms with E-state index in [4.69, 9.17) is 4.74 Å². The van der Waals surface area contributed by atoms with Gasteiger partial charge in [-0.2, -0.15) is 0 Å². The molecule has 1 saturated carbocycles. The Balaban J connectivity index is 1.91. The summed E-state index contributed by atoms with van der Waals surface area (Å²) in [6.07, 6.45) is 7.82. The summed E-state index contributed by atoms with van der Waals surface area (Å²) in [5.74, 6) is 1.58. The van der Waals surface area contributed by atoms with Crippen LogP contribution in [0.3, 0.4) is 0 Å². The average Bonchev–Trinajstić information content (AvgIpc) is 2.54. The molecule has 0 amide bonds. The Morgan fingerprint density at radius 2 is 1.95 bits per heavy atom. The molecule has 0 heterocycles. The standard InChI is InChI=1S/C19H31NO/c1-3-20-19-13-12-17(16-9-5-4-6-10-16)15-18(19)11-7-8-14-21-2/h4-6,9-10,17-20H,3,7-8,11-15H2,1-2H3. The number of hydrogen-bond acceptors (Lipinski definition) is 2. The fourth-order valence-electron chi connectivity index (χ4n) is 3.79. The summed E-state index contributed by atoms with van der Waals surface area (Å²) in [4.78, 5) is 0. The van der Waals surface area contributed by atoms with Crippen molar-refractivity contribution < 1.29 is 4.74 Å². The Hall–Kier alpha value is -0.860. The van der Waals surface area contributed by atoms with Crippen LogP contribution >= 0.6 is 0 Å². The minimum atomic E-state index is 0.720. The number of unbranched alkanes of at least 4 members (excludes halogenated alkanes) is 1. The van der Waals surface area contributed by atoms with Gasteiger partial charge in [0.15, 0.2) is 0 Å². The summed E-state index contributed by atoms with van der Waals surface area (Å²) in [6, 6.07) is 11.8. The Bertz CT molecular complexity index is 378. The van der Waals surface area contributed by atoms with Crippen molar-refractivity contribution in [1.29, 1.82) is 0 Å². The summed E-state index contributed by atoms with van der Waals surface area (Å²) < 4.78 is 5.18. The summed E-state index contributed by atoms with van der Waals surface area (Å²) in [5, 5.41) is 3.72. The van der Waals surface area contributed by atoms with Gasteiger partial charge in [0.1, 0.15) is 0 Å². The number of methoxy groups -OCH3 is 1. The van der Waals surface area contributed by atoms with E-state index in [2.05, 4.69) is 42.6 Å². The van der Waals surface area contributed by atoms with E-state index in [0.717, 1.165) is 31.0 Å². The topological polar surface area (TPSA) is 21.3 Å². The van der Waals surface area contributed by atoms with Gasteiger partial charge in [0.2, 0.25) is 0 Å². The summed E-state index contributed by atoms with van der Waals surface area (Å²) in [6.45, 7) is 4.22. The predicted molar refractivity (Wildman–Crippen MR) is 89.7 cm³/mol. The third-order valence-electron chi connectivity index (χ3n) is 4.89. The molecule has 118 valence electrons.